The summed E-state index contributed by atoms with van der Waals surface area (Å²) in [7, 11) is 3.82. The Balaban J connectivity index is 1.81. The van der Waals surface area contributed by atoms with E-state index in [0.29, 0.717) is 5.15 Å². The van der Waals surface area contributed by atoms with E-state index in [0.717, 1.165) is 29.5 Å². The van der Waals surface area contributed by atoms with Crippen molar-refractivity contribution in [3.8, 4) is 0 Å². The number of aromatic nitrogens is 3. The molecule has 1 aliphatic carbocycles. The van der Waals surface area contributed by atoms with Gasteiger partial charge in [0.1, 0.15) is 17.0 Å². The predicted octanol–water partition coefficient (Wildman–Crippen LogP) is 3.14. The molecule has 0 aromatic carbocycles. The lowest BCUT2D eigenvalue weighted by Gasteiger charge is -2.19. The smallest absolute Gasteiger partial charge is 0.157 e. The Labute approximate surface area is 133 Å². The van der Waals surface area contributed by atoms with Gasteiger partial charge in [-0.1, -0.05) is 11.6 Å². The summed E-state index contributed by atoms with van der Waals surface area (Å²) in [6.45, 7) is 0.736. The standard InChI is InChI=1S/C14H18ClN5S/c1-16-12-13(15)17-8-18-14(12)20(2)7-11-19-9-5-3-4-6-10(9)21-11/h8,16H,3-7H2,1-2H3. The summed E-state index contributed by atoms with van der Waals surface area (Å²) in [5.74, 6) is 0.797. The molecule has 0 bridgehead atoms. The Morgan fingerprint density at radius 1 is 1.33 bits per heavy atom. The van der Waals surface area contributed by atoms with Crippen molar-refractivity contribution in [2.75, 3.05) is 24.3 Å². The van der Waals surface area contributed by atoms with E-state index in [2.05, 4.69) is 20.2 Å². The molecular weight excluding hydrogens is 306 g/mol. The third-order valence-electron chi connectivity index (χ3n) is 3.65. The average Bonchev–Trinajstić information content (AvgIpc) is 2.89. The molecule has 0 fully saturated rings. The third-order valence-corrected chi connectivity index (χ3v) is 5.08. The molecule has 0 spiro atoms. The van der Waals surface area contributed by atoms with Crippen molar-refractivity contribution in [3.63, 3.8) is 0 Å². The van der Waals surface area contributed by atoms with Gasteiger partial charge in [0.05, 0.1) is 12.2 Å². The Hall–Kier alpha value is -1.40. The topological polar surface area (TPSA) is 53.9 Å². The molecule has 2 aromatic rings. The quantitative estimate of drug-likeness (QED) is 0.876. The summed E-state index contributed by atoms with van der Waals surface area (Å²) in [5.41, 5.74) is 2.05. The fourth-order valence-corrected chi connectivity index (χ4v) is 4.04. The van der Waals surface area contributed by atoms with Crippen LogP contribution in [-0.4, -0.2) is 29.0 Å². The second-order valence-corrected chi connectivity index (χ2v) is 6.68. The van der Waals surface area contributed by atoms with Crippen molar-refractivity contribution < 1.29 is 0 Å². The molecule has 7 heteroatoms. The largest absolute Gasteiger partial charge is 0.383 e. The fourth-order valence-electron chi connectivity index (χ4n) is 2.61. The number of thiazole rings is 1. The van der Waals surface area contributed by atoms with Crippen LogP contribution in [0.15, 0.2) is 6.33 Å². The van der Waals surface area contributed by atoms with Gasteiger partial charge in [-0.05, 0) is 25.7 Å². The number of anilines is 2. The number of hydrogen-bond acceptors (Lipinski definition) is 6. The first kappa shape index (κ1) is 14.5. The molecule has 0 unspecified atom stereocenters. The lowest BCUT2D eigenvalue weighted by Crippen LogP contribution is -2.19. The van der Waals surface area contributed by atoms with E-state index < -0.39 is 0 Å². The molecule has 112 valence electrons. The molecule has 0 amide bonds. The van der Waals surface area contributed by atoms with Crippen molar-refractivity contribution in [2.24, 2.45) is 0 Å². The molecule has 2 aromatic heterocycles. The van der Waals surface area contributed by atoms with E-state index >= 15 is 0 Å². The fraction of sp³-hybridized carbons (Fsp3) is 0.500. The number of halogens is 1. The monoisotopic (exact) mass is 323 g/mol. The highest BCUT2D eigenvalue weighted by molar-refractivity contribution is 7.11. The molecule has 2 heterocycles. The van der Waals surface area contributed by atoms with E-state index in [9.17, 15) is 0 Å². The lowest BCUT2D eigenvalue weighted by atomic mass is 10.0. The Bertz CT molecular complexity index is 619. The zero-order valence-corrected chi connectivity index (χ0v) is 13.8. The van der Waals surface area contributed by atoms with Crippen LogP contribution in [0.25, 0.3) is 0 Å². The van der Waals surface area contributed by atoms with E-state index in [-0.39, 0.29) is 0 Å². The predicted molar refractivity (Wildman–Crippen MR) is 87.5 cm³/mol. The molecule has 21 heavy (non-hydrogen) atoms. The van der Waals surface area contributed by atoms with E-state index in [1.165, 1.54) is 36.2 Å². The van der Waals surface area contributed by atoms with E-state index in [1.54, 1.807) is 0 Å². The third kappa shape index (κ3) is 2.96. The van der Waals surface area contributed by atoms with Crippen molar-refractivity contribution in [1.29, 1.82) is 0 Å². The molecule has 0 radical (unpaired) electrons. The number of fused-ring (bicyclic) bond motifs is 1. The molecule has 5 nitrogen and oxygen atoms in total. The van der Waals surface area contributed by atoms with Gasteiger partial charge >= 0.3 is 0 Å². The summed E-state index contributed by atoms with van der Waals surface area (Å²) in [6.07, 6.45) is 6.34. The van der Waals surface area contributed by atoms with Crippen LogP contribution in [0.4, 0.5) is 11.5 Å². The van der Waals surface area contributed by atoms with Gasteiger partial charge in [-0.2, -0.15) is 0 Å². The van der Waals surface area contributed by atoms with Crippen LogP contribution in [0.1, 0.15) is 28.4 Å². The van der Waals surface area contributed by atoms with Gasteiger partial charge in [-0.15, -0.1) is 11.3 Å². The van der Waals surface area contributed by atoms with Gasteiger partial charge in [0.2, 0.25) is 0 Å². The Morgan fingerprint density at radius 3 is 2.90 bits per heavy atom. The molecule has 0 saturated heterocycles. The summed E-state index contributed by atoms with van der Waals surface area (Å²) >= 11 is 7.93. The van der Waals surface area contributed by atoms with Crippen LogP contribution in [0, 0.1) is 0 Å². The van der Waals surface area contributed by atoms with Crippen molar-refractivity contribution in [3.05, 3.63) is 27.1 Å². The van der Waals surface area contributed by atoms with Gasteiger partial charge in [-0.3, -0.25) is 0 Å². The maximum absolute atomic E-state index is 6.11. The highest BCUT2D eigenvalue weighted by Crippen LogP contribution is 2.31. The highest BCUT2D eigenvalue weighted by Gasteiger charge is 2.18. The molecule has 1 aliphatic rings. The van der Waals surface area contributed by atoms with Gasteiger partial charge in [-0.25, -0.2) is 15.0 Å². The normalized spacial score (nSPS) is 13.9. The van der Waals surface area contributed by atoms with E-state index in [1.807, 2.05) is 25.4 Å². The van der Waals surface area contributed by atoms with Gasteiger partial charge in [0.15, 0.2) is 11.0 Å². The molecule has 0 aliphatic heterocycles. The van der Waals surface area contributed by atoms with Crippen molar-refractivity contribution in [1.82, 2.24) is 15.0 Å². The SMILES string of the molecule is CNc1c(Cl)ncnc1N(C)Cc1nc2c(s1)CCCC2. The Kier molecular flexibility index (Phi) is 4.26. The summed E-state index contributed by atoms with van der Waals surface area (Å²) in [4.78, 5) is 16.6. The Morgan fingerprint density at radius 2 is 2.14 bits per heavy atom. The molecule has 0 atom stereocenters. The average molecular weight is 324 g/mol. The second kappa shape index (κ2) is 6.15. The van der Waals surface area contributed by atoms with Crippen LogP contribution in [-0.2, 0) is 19.4 Å². The van der Waals surface area contributed by atoms with Gasteiger partial charge in [0.25, 0.3) is 0 Å². The first-order valence-corrected chi connectivity index (χ1v) is 8.25. The number of nitrogens with one attached hydrogen (secondary N) is 1. The van der Waals surface area contributed by atoms with Crippen molar-refractivity contribution >= 4 is 34.4 Å². The number of nitrogens with zero attached hydrogens (tertiary/aromatic N) is 4. The summed E-state index contributed by atoms with van der Waals surface area (Å²) < 4.78 is 0. The van der Waals surface area contributed by atoms with Crippen LogP contribution in [0.2, 0.25) is 5.15 Å². The minimum Gasteiger partial charge on any atom is -0.383 e. The van der Waals surface area contributed by atoms with Gasteiger partial charge in [0, 0.05) is 19.0 Å². The van der Waals surface area contributed by atoms with Crippen LogP contribution < -0.4 is 10.2 Å². The highest BCUT2D eigenvalue weighted by atomic mass is 35.5. The van der Waals surface area contributed by atoms with Crippen LogP contribution in [0.5, 0.6) is 0 Å². The first-order chi connectivity index (χ1) is 10.2. The lowest BCUT2D eigenvalue weighted by molar-refractivity contribution is 0.680. The number of rotatable bonds is 4. The number of aryl methyl sites for hydroxylation is 2. The molecular formula is C14H18ClN5S. The van der Waals surface area contributed by atoms with Crippen LogP contribution in [0.3, 0.4) is 0 Å². The zero-order chi connectivity index (χ0) is 14.8. The summed E-state index contributed by atoms with van der Waals surface area (Å²) in [5, 5.41) is 4.64. The number of hydrogen-bond donors (Lipinski definition) is 1. The van der Waals surface area contributed by atoms with E-state index in [4.69, 9.17) is 16.6 Å². The minimum atomic E-state index is 0.438. The van der Waals surface area contributed by atoms with Crippen LogP contribution >= 0.6 is 22.9 Å². The molecule has 1 N–H and O–H groups in total. The first-order valence-electron chi connectivity index (χ1n) is 7.06. The second-order valence-electron chi connectivity index (χ2n) is 5.15. The zero-order valence-electron chi connectivity index (χ0n) is 12.2. The molecule has 3 rings (SSSR count). The minimum absolute atomic E-state index is 0.438. The maximum atomic E-state index is 6.11. The van der Waals surface area contributed by atoms with Crippen molar-refractivity contribution in [2.45, 2.75) is 32.2 Å². The molecule has 0 saturated carbocycles. The maximum Gasteiger partial charge on any atom is 0.157 e. The van der Waals surface area contributed by atoms with Gasteiger partial charge < -0.3 is 10.2 Å². The summed E-state index contributed by atoms with van der Waals surface area (Å²) in [6, 6.07) is 0.